The van der Waals surface area contributed by atoms with Gasteiger partial charge in [-0.1, -0.05) is 13.0 Å². The molecule has 1 aliphatic heterocycles. The molecule has 1 fully saturated rings. The lowest BCUT2D eigenvalue weighted by molar-refractivity contribution is 0.275. The molecule has 20 heavy (non-hydrogen) atoms. The van der Waals surface area contributed by atoms with E-state index in [4.69, 9.17) is 4.98 Å². The van der Waals surface area contributed by atoms with Crippen LogP contribution in [0.15, 0.2) is 18.2 Å². The lowest BCUT2D eigenvalue weighted by Gasteiger charge is -2.28. The summed E-state index contributed by atoms with van der Waals surface area (Å²) in [5.41, 5.74) is 3.67. The average molecular weight is 271 g/mol. The van der Waals surface area contributed by atoms with E-state index in [1.165, 1.54) is 42.8 Å². The number of nitrogens with one attached hydrogen (secondary N) is 1. The topological polar surface area (TPSA) is 29.9 Å². The molecule has 2 unspecified atom stereocenters. The van der Waals surface area contributed by atoms with Gasteiger partial charge in [0.1, 0.15) is 5.82 Å². The zero-order valence-corrected chi connectivity index (χ0v) is 12.8. The van der Waals surface area contributed by atoms with Gasteiger partial charge in [-0.15, -0.1) is 0 Å². The highest BCUT2D eigenvalue weighted by Crippen LogP contribution is 2.25. The van der Waals surface area contributed by atoms with Crippen LogP contribution >= 0.6 is 0 Å². The predicted octanol–water partition coefficient (Wildman–Crippen LogP) is 3.06. The lowest BCUT2D eigenvalue weighted by atomic mass is 9.85. The van der Waals surface area contributed by atoms with E-state index < -0.39 is 0 Å². The SMILES string of the molecule is Cc1ccc2c(c1)nc(CC(C)C1CCCNC1)n2C. The van der Waals surface area contributed by atoms with Crippen LogP contribution in [0.25, 0.3) is 11.0 Å². The molecule has 1 N–H and O–H groups in total. The third-order valence-corrected chi connectivity index (χ3v) is 4.77. The van der Waals surface area contributed by atoms with Gasteiger partial charge in [0.05, 0.1) is 11.0 Å². The third-order valence-electron chi connectivity index (χ3n) is 4.77. The molecule has 0 radical (unpaired) electrons. The van der Waals surface area contributed by atoms with Crippen molar-refractivity contribution >= 4 is 11.0 Å². The normalized spacial score (nSPS) is 21.2. The number of piperidine rings is 1. The van der Waals surface area contributed by atoms with E-state index in [1.807, 2.05) is 0 Å². The van der Waals surface area contributed by atoms with E-state index in [0.717, 1.165) is 17.9 Å². The van der Waals surface area contributed by atoms with Gasteiger partial charge in [-0.3, -0.25) is 0 Å². The van der Waals surface area contributed by atoms with Gasteiger partial charge in [0.25, 0.3) is 0 Å². The first-order valence-corrected chi connectivity index (χ1v) is 7.78. The first-order valence-electron chi connectivity index (χ1n) is 7.78. The third kappa shape index (κ3) is 2.59. The Labute approximate surface area is 121 Å². The molecule has 0 saturated carbocycles. The fourth-order valence-electron chi connectivity index (χ4n) is 3.36. The Balaban J connectivity index is 1.81. The van der Waals surface area contributed by atoms with Crippen molar-refractivity contribution in [3.8, 4) is 0 Å². The highest BCUT2D eigenvalue weighted by Gasteiger charge is 2.21. The highest BCUT2D eigenvalue weighted by molar-refractivity contribution is 5.76. The minimum atomic E-state index is 0.694. The summed E-state index contributed by atoms with van der Waals surface area (Å²) >= 11 is 0. The van der Waals surface area contributed by atoms with Crippen LogP contribution in [-0.4, -0.2) is 22.6 Å². The Kier molecular flexibility index (Phi) is 3.79. The standard InChI is InChI=1S/C17H25N3/c1-12-6-7-16-15(9-12)19-17(20(16)3)10-13(2)14-5-4-8-18-11-14/h6-7,9,13-14,18H,4-5,8,10-11H2,1-3H3. The lowest BCUT2D eigenvalue weighted by Crippen LogP contribution is -2.34. The molecular formula is C17H25N3. The number of rotatable bonds is 3. The van der Waals surface area contributed by atoms with E-state index in [2.05, 4.69) is 49.0 Å². The van der Waals surface area contributed by atoms with E-state index in [1.54, 1.807) is 0 Å². The summed E-state index contributed by atoms with van der Waals surface area (Å²) < 4.78 is 2.27. The van der Waals surface area contributed by atoms with Crippen molar-refractivity contribution in [1.82, 2.24) is 14.9 Å². The Hall–Kier alpha value is -1.35. The maximum atomic E-state index is 4.85. The molecule has 0 aliphatic carbocycles. The van der Waals surface area contributed by atoms with Crippen LogP contribution < -0.4 is 5.32 Å². The molecule has 1 aliphatic rings. The van der Waals surface area contributed by atoms with Crippen molar-refractivity contribution in [1.29, 1.82) is 0 Å². The van der Waals surface area contributed by atoms with Crippen molar-refractivity contribution < 1.29 is 0 Å². The molecular weight excluding hydrogens is 246 g/mol. The van der Waals surface area contributed by atoms with E-state index >= 15 is 0 Å². The van der Waals surface area contributed by atoms with Crippen LogP contribution in [0.4, 0.5) is 0 Å². The number of imidazole rings is 1. The van der Waals surface area contributed by atoms with Crippen LogP contribution in [-0.2, 0) is 13.5 Å². The molecule has 1 aromatic carbocycles. The fraction of sp³-hybridized carbons (Fsp3) is 0.588. The summed E-state index contributed by atoms with van der Waals surface area (Å²) in [6.45, 7) is 6.87. The van der Waals surface area contributed by atoms with E-state index in [0.29, 0.717) is 5.92 Å². The molecule has 1 aromatic heterocycles. The average Bonchev–Trinajstić information content (AvgIpc) is 2.75. The molecule has 108 valence electrons. The number of hydrogen-bond acceptors (Lipinski definition) is 2. The molecule has 3 rings (SSSR count). The van der Waals surface area contributed by atoms with E-state index in [-0.39, 0.29) is 0 Å². The highest BCUT2D eigenvalue weighted by atomic mass is 15.1. The summed E-state index contributed by atoms with van der Waals surface area (Å²) in [5, 5.41) is 3.52. The van der Waals surface area contributed by atoms with Gasteiger partial charge in [-0.05, 0) is 62.4 Å². The number of hydrogen-bond donors (Lipinski definition) is 1. The molecule has 2 aromatic rings. The van der Waals surface area contributed by atoms with Crippen molar-refractivity contribution in [2.75, 3.05) is 13.1 Å². The zero-order valence-electron chi connectivity index (χ0n) is 12.8. The maximum absolute atomic E-state index is 4.85. The summed E-state index contributed by atoms with van der Waals surface area (Å²) in [6.07, 6.45) is 3.75. The molecule has 1 saturated heterocycles. The number of aryl methyl sites for hydroxylation is 2. The van der Waals surface area contributed by atoms with Crippen molar-refractivity contribution in [2.24, 2.45) is 18.9 Å². The number of benzene rings is 1. The second-order valence-electron chi connectivity index (χ2n) is 6.37. The molecule has 0 bridgehead atoms. The Morgan fingerprint density at radius 2 is 2.30 bits per heavy atom. The van der Waals surface area contributed by atoms with E-state index in [9.17, 15) is 0 Å². The maximum Gasteiger partial charge on any atom is 0.109 e. The second-order valence-corrected chi connectivity index (χ2v) is 6.37. The van der Waals surface area contributed by atoms with Gasteiger partial charge in [0.15, 0.2) is 0 Å². The number of nitrogens with zero attached hydrogens (tertiary/aromatic N) is 2. The molecule has 0 spiro atoms. The first-order chi connectivity index (χ1) is 9.65. The minimum Gasteiger partial charge on any atom is -0.331 e. The number of aromatic nitrogens is 2. The van der Waals surface area contributed by atoms with Crippen molar-refractivity contribution in [2.45, 2.75) is 33.1 Å². The van der Waals surface area contributed by atoms with Crippen molar-refractivity contribution in [3.63, 3.8) is 0 Å². The van der Waals surface area contributed by atoms with Crippen LogP contribution in [0.5, 0.6) is 0 Å². The van der Waals surface area contributed by atoms with Crippen LogP contribution in [0.3, 0.4) is 0 Å². The summed E-state index contributed by atoms with van der Waals surface area (Å²) in [5.74, 6) is 2.72. The van der Waals surface area contributed by atoms with Gasteiger partial charge in [-0.2, -0.15) is 0 Å². The summed E-state index contributed by atoms with van der Waals surface area (Å²) in [4.78, 5) is 4.85. The van der Waals surface area contributed by atoms with Crippen LogP contribution in [0, 0.1) is 18.8 Å². The Morgan fingerprint density at radius 1 is 1.45 bits per heavy atom. The monoisotopic (exact) mass is 271 g/mol. The largest absolute Gasteiger partial charge is 0.331 e. The molecule has 2 heterocycles. The van der Waals surface area contributed by atoms with Gasteiger partial charge in [0.2, 0.25) is 0 Å². The van der Waals surface area contributed by atoms with Gasteiger partial charge >= 0.3 is 0 Å². The summed E-state index contributed by atoms with van der Waals surface area (Å²) in [7, 11) is 2.14. The van der Waals surface area contributed by atoms with Crippen molar-refractivity contribution in [3.05, 3.63) is 29.6 Å². The Bertz CT molecular complexity index is 594. The molecule has 0 amide bonds. The molecule has 2 atom stereocenters. The predicted molar refractivity (Wildman–Crippen MR) is 83.9 cm³/mol. The minimum absolute atomic E-state index is 0.694. The molecule has 3 nitrogen and oxygen atoms in total. The first kappa shape index (κ1) is 13.6. The fourth-order valence-corrected chi connectivity index (χ4v) is 3.36. The zero-order chi connectivity index (χ0) is 14.1. The second kappa shape index (κ2) is 5.57. The smallest absolute Gasteiger partial charge is 0.109 e. The quantitative estimate of drug-likeness (QED) is 0.930. The summed E-state index contributed by atoms with van der Waals surface area (Å²) in [6, 6.07) is 6.54. The van der Waals surface area contributed by atoms with Crippen LogP contribution in [0.1, 0.15) is 31.2 Å². The van der Waals surface area contributed by atoms with Gasteiger partial charge in [-0.25, -0.2) is 4.98 Å². The Morgan fingerprint density at radius 3 is 3.05 bits per heavy atom. The molecule has 3 heteroatoms. The van der Waals surface area contributed by atoms with Gasteiger partial charge in [0, 0.05) is 13.5 Å². The van der Waals surface area contributed by atoms with Gasteiger partial charge < -0.3 is 9.88 Å². The van der Waals surface area contributed by atoms with Crippen LogP contribution in [0.2, 0.25) is 0 Å². The number of fused-ring (bicyclic) bond motifs is 1.